The first-order valence-corrected chi connectivity index (χ1v) is 4.34. The van der Waals surface area contributed by atoms with Crippen LogP contribution in [0.4, 0.5) is 0 Å². The fourth-order valence-electron chi connectivity index (χ4n) is 0.997. The van der Waals surface area contributed by atoms with E-state index < -0.39 is 11.6 Å². The Morgan fingerprint density at radius 2 is 2.21 bits per heavy atom. The zero-order valence-corrected chi connectivity index (χ0v) is 8.69. The highest BCUT2D eigenvalue weighted by molar-refractivity contribution is 5.76. The van der Waals surface area contributed by atoms with E-state index in [1.54, 1.807) is 18.9 Å². The summed E-state index contributed by atoms with van der Waals surface area (Å²) in [6.45, 7) is 3.05. The van der Waals surface area contributed by atoms with Gasteiger partial charge in [0.1, 0.15) is 0 Å². The molecule has 0 radical (unpaired) electrons. The highest BCUT2D eigenvalue weighted by atomic mass is 16.4. The van der Waals surface area contributed by atoms with Gasteiger partial charge >= 0.3 is 5.97 Å². The minimum absolute atomic E-state index is 0.00514. The molecule has 0 fully saturated rings. The van der Waals surface area contributed by atoms with Crippen molar-refractivity contribution in [3.8, 4) is 6.07 Å². The molecular formula is C9H16N2O3. The summed E-state index contributed by atoms with van der Waals surface area (Å²) in [4.78, 5) is 12.2. The summed E-state index contributed by atoms with van der Waals surface area (Å²) in [5.41, 5.74) is -1.77. The SMILES string of the molecule is CC(CC#N)N(C)CC(C)(O)C(=O)O. The Balaban J connectivity index is 4.25. The van der Waals surface area contributed by atoms with Crippen LogP contribution < -0.4 is 0 Å². The Morgan fingerprint density at radius 3 is 2.57 bits per heavy atom. The fourth-order valence-corrected chi connectivity index (χ4v) is 0.997. The minimum Gasteiger partial charge on any atom is -0.479 e. The van der Waals surface area contributed by atoms with E-state index in [-0.39, 0.29) is 12.6 Å². The van der Waals surface area contributed by atoms with E-state index in [1.807, 2.05) is 6.07 Å². The van der Waals surface area contributed by atoms with Crippen LogP contribution in [0.15, 0.2) is 0 Å². The zero-order chi connectivity index (χ0) is 11.4. The highest BCUT2D eigenvalue weighted by Crippen LogP contribution is 2.09. The van der Waals surface area contributed by atoms with Gasteiger partial charge in [-0.2, -0.15) is 5.26 Å². The lowest BCUT2D eigenvalue weighted by Crippen LogP contribution is -2.47. The normalized spacial score (nSPS) is 17.1. The van der Waals surface area contributed by atoms with Crippen molar-refractivity contribution >= 4 is 5.97 Å². The molecule has 2 atom stereocenters. The minimum atomic E-state index is -1.77. The van der Waals surface area contributed by atoms with E-state index in [0.717, 1.165) is 0 Å². The van der Waals surface area contributed by atoms with Crippen molar-refractivity contribution < 1.29 is 15.0 Å². The van der Waals surface area contributed by atoms with Gasteiger partial charge in [0, 0.05) is 12.6 Å². The third-order valence-electron chi connectivity index (χ3n) is 2.16. The molecule has 0 aliphatic rings. The van der Waals surface area contributed by atoms with Crippen LogP contribution in [-0.4, -0.2) is 46.3 Å². The molecule has 14 heavy (non-hydrogen) atoms. The van der Waals surface area contributed by atoms with Gasteiger partial charge in [-0.15, -0.1) is 0 Å². The average molecular weight is 200 g/mol. The number of aliphatic hydroxyl groups is 1. The fraction of sp³-hybridized carbons (Fsp3) is 0.778. The van der Waals surface area contributed by atoms with Gasteiger partial charge in [-0.3, -0.25) is 4.90 Å². The smallest absolute Gasteiger partial charge is 0.336 e. The third-order valence-corrected chi connectivity index (χ3v) is 2.16. The maximum Gasteiger partial charge on any atom is 0.336 e. The monoisotopic (exact) mass is 200 g/mol. The van der Waals surface area contributed by atoms with E-state index in [9.17, 15) is 9.90 Å². The first-order valence-electron chi connectivity index (χ1n) is 4.34. The summed E-state index contributed by atoms with van der Waals surface area (Å²) in [6, 6.07) is 1.93. The van der Waals surface area contributed by atoms with E-state index >= 15 is 0 Å². The van der Waals surface area contributed by atoms with Crippen molar-refractivity contribution in [1.82, 2.24) is 4.90 Å². The summed E-state index contributed by atoms with van der Waals surface area (Å²) in [7, 11) is 1.68. The van der Waals surface area contributed by atoms with Crippen LogP contribution in [-0.2, 0) is 4.79 Å². The molecule has 0 bridgehead atoms. The Morgan fingerprint density at radius 1 is 1.71 bits per heavy atom. The lowest BCUT2D eigenvalue weighted by Gasteiger charge is -2.28. The summed E-state index contributed by atoms with van der Waals surface area (Å²) < 4.78 is 0. The lowest BCUT2D eigenvalue weighted by molar-refractivity contribution is -0.158. The Hall–Kier alpha value is -1.12. The molecule has 5 nitrogen and oxygen atoms in total. The molecule has 0 aromatic rings. The van der Waals surface area contributed by atoms with Crippen molar-refractivity contribution in [2.45, 2.75) is 31.9 Å². The van der Waals surface area contributed by atoms with Gasteiger partial charge < -0.3 is 10.2 Å². The first kappa shape index (κ1) is 12.9. The second kappa shape index (κ2) is 4.94. The van der Waals surface area contributed by atoms with Crippen molar-refractivity contribution in [1.29, 1.82) is 5.26 Å². The molecule has 0 saturated heterocycles. The van der Waals surface area contributed by atoms with Gasteiger partial charge in [0.05, 0.1) is 12.5 Å². The maximum atomic E-state index is 10.6. The second-order valence-corrected chi connectivity index (χ2v) is 3.71. The average Bonchev–Trinajstić information content (AvgIpc) is 2.03. The Kier molecular flexibility index (Phi) is 4.54. The second-order valence-electron chi connectivity index (χ2n) is 3.71. The molecule has 0 aliphatic heterocycles. The van der Waals surface area contributed by atoms with E-state index in [0.29, 0.717) is 6.42 Å². The number of rotatable bonds is 5. The topological polar surface area (TPSA) is 84.6 Å². The number of carbonyl (C=O) groups is 1. The van der Waals surface area contributed by atoms with Gasteiger partial charge in [-0.1, -0.05) is 0 Å². The molecule has 2 unspecified atom stereocenters. The highest BCUT2D eigenvalue weighted by Gasteiger charge is 2.32. The maximum absolute atomic E-state index is 10.6. The van der Waals surface area contributed by atoms with E-state index in [4.69, 9.17) is 10.4 Å². The van der Waals surface area contributed by atoms with Crippen LogP contribution in [0.5, 0.6) is 0 Å². The molecule has 0 spiro atoms. The van der Waals surface area contributed by atoms with E-state index in [2.05, 4.69) is 0 Å². The van der Waals surface area contributed by atoms with Crippen molar-refractivity contribution in [3.05, 3.63) is 0 Å². The van der Waals surface area contributed by atoms with Gasteiger partial charge in [0.2, 0.25) is 0 Å². The predicted octanol–water partition coefficient (Wildman–Crippen LogP) is 0.0560. The summed E-state index contributed by atoms with van der Waals surface area (Å²) in [6.07, 6.45) is 0.312. The van der Waals surface area contributed by atoms with Gasteiger partial charge in [0.25, 0.3) is 0 Å². The number of nitriles is 1. The summed E-state index contributed by atoms with van der Waals surface area (Å²) >= 11 is 0. The van der Waals surface area contributed by atoms with Gasteiger partial charge in [-0.25, -0.2) is 4.79 Å². The molecule has 0 aromatic carbocycles. The van der Waals surface area contributed by atoms with E-state index in [1.165, 1.54) is 6.92 Å². The van der Waals surface area contributed by atoms with Crippen LogP contribution in [0.3, 0.4) is 0 Å². The summed E-state index contributed by atoms with van der Waals surface area (Å²) in [5.74, 6) is -1.26. The Labute approximate surface area is 83.6 Å². The quantitative estimate of drug-likeness (QED) is 0.655. The molecule has 0 rings (SSSR count). The number of aliphatic carboxylic acids is 1. The predicted molar refractivity (Wildman–Crippen MR) is 50.6 cm³/mol. The summed E-state index contributed by atoms with van der Waals surface area (Å²) in [5, 5.41) is 26.6. The van der Waals surface area contributed by atoms with Crippen LogP contribution in [0.25, 0.3) is 0 Å². The molecule has 2 N–H and O–H groups in total. The number of likely N-dealkylation sites (N-methyl/N-ethyl adjacent to an activating group) is 1. The van der Waals surface area contributed by atoms with Crippen LogP contribution in [0.2, 0.25) is 0 Å². The number of carboxylic acid groups (broad SMARTS) is 1. The molecule has 80 valence electrons. The number of hydrogen-bond acceptors (Lipinski definition) is 4. The molecule has 0 aliphatic carbocycles. The van der Waals surface area contributed by atoms with Crippen molar-refractivity contribution in [3.63, 3.8) is 0 Å². The number of hydrogen-bond donors (Lipinski definition) is 2. The lowest BCUT2D eigenvalue weighted by atomic mass is 10.1. The van der Waals surface area contributed by atoms with Crippen molar-refractivity contribution in [2.75, 3.05) is 13.6 Å². The molecule has 0 heterocycles. The molecule has 0 aromatic heterocycles. The van der Waals surface area contributed by atoms with Gasteiger partial charge in [0.15, 0.2) is 5.60 Å². The first-order chi connectivity index (χ1) is 6.31. The largest absolute Gasteiger partial charge is 0.479 e. The zero-order valence-electron chi connectivity index (χ0n) is 8.69. The van der Waals surface area contributed by atoms with Gasteiger partial charge in [-0.05, 0) is 20.9 Å². The third kappa shape index (κ3) is 3.73. The molecular weight excluding hydrogens is 184 g/mol. The number of carboxylic acids is 1. The molecule has 0 amide bonds. The Bertz CT molecular complexity index is 245. The number of nitrogens with zero attached hydrogens (tertiary/aromatic N) is 2. The van der Waals surface area contributed by atoms with Crippen LogP contribution >= 0.6 is 0 Å². The molecule has 0 saturated carbocycles. The van der Waals surface area contributed by atoms with Crippen LogP contribution in [0.1, 0.15) is 20.3 Å². The molecule has 5 heteroatoms. The standard InChI is InChI=1S/C9H16N2O3/c1-7(4-5-10)11(3)6-9(2,14)8(12)13/h7,14H,4,6H2,1-3H3,(H,12,13). The van der Waals surface area contributed by atoms with Crippen molar-refractivity contribution in [2.24, 2.45) is 0 Å². The van der Waals surface area contributed by atoms with Crippen LogP contribution in [0, 0.1) is 11.3 Å².